The zero-order valence-corrected chi connectivity index (χ0v) is 8.83. The number of rotatable bonds is 3. The van der Waals surface area contributed by atoms with Crippen LogP contribution < -0.4 is 5.32 Å². The normalized spacial score (nSPS) is 29.3. The summed E-state index contributed by atoms with van der Waals surface area (Å²) in [6, 6.07) is 1.96. The van der Waals surface area contributed by atoms with Gasteiger partial charge >= 0.3 is 0 Å². The Kier molecular flexibility index (Phi) is 3.12. The molecule has 1 aromatic rings. The second-order valence-electron chi connectivity index (χ2n) is 3.47. The van der Waals surface area contributed by atoms with Crippen molar-refractivity contribution in [2.75, 3.05) is 13.7 Å². The monoisotopic (exact) mass is 214 g/mol. The third-order valence-corrected chi connectivity index (χ3v) is 3.40. The fraction of sp³-hybridized carbons (Fsp3) is 0.667. The Morgan fingerprint density at radius 3 is 3.21 bits per heavy atom. The standard InChI is InChI=1S/C9H14N2O2S/c1-13-6-4-7(10-5-6)9(12)8-2-3-11-14-8/h2-3,6-7,9-10,12H,4-5H2,1H3. The van der Waals surface area contributed by atoms with Crippen molar-refractivity contribution in [3.63, 3.8) is 0 Å². The molecule has 1 aromatic heterocycles. The second-order valence-corrected chi connectivity index (χ2v) is 4.33. The van der Waals surface area contributed by atoms with Crippen LogP contribution in [0.5, 0.6) is 0 Å². The van der Waals surface area contributed by atoms with Crippen molar-refractivity contribution in [1.82, 2.24) is 9.69 Å². The Balaban J connectivity index is 1.97. The minimum Gasteiger partial charge on any atom is -0.386 e. The van der Waals surface area contributed by atoms with Gasteiger partial charge in [0.15, 0.2) is 0 Å². The van der Waals surface area contributed by atoms with Crippen LogP contribution in [0, 0.1) is 0 Å². The van der Waals surface area contributed by atoms with Crippen molar-refractivity contribution in [3.05, 3.63) is 17.1 Å². The number of hydrogen-bond donors (Lipinski definition) is 2. The molecule has 4 nitrogen and oxygen atoms in total. The molecule has 1 aliphatic heterocycles. The molecule has 3 unspecified atom stereocenters. The first kappa shape index (κ1) is 10.0. The van der Waals surface area contributed by atoms with E-state index in [2.05, 4.69) is 9.69 Å². The lowest BCUT2D eigenvalue weighted by atomic mass is 10.1. The van der Waals surface area contributed by atoms with E-state index in [0.717, 1.165) is 17.8 Å². The number of nitrogens with zero attached hydrogens (tertiary/aromatic N) is 1. The maximum Gasteiger partial charge on any atom is 0.105 e. The summed E-state index contributed by atoms with van der Waals surface area (Å²) in [4.78, 5) is 0.916. The molecule has 14 heavy (non-hydrogen) atoms. The first-order chi connectivity index (χ1) is 6.81. The van der Waals surface area contributed by atoms with E-state index in [1.165, 1.54) is 11.5 Å². The lowest BCUT2D eigenvalue weighted by Gasteiger charge is -2.16. The molecule has 0 spiro atoms. The van der Waals surface area contributed by atoms with Crippen molar-refractivity contribution in [3.8, 4) is 0 Å². The Labute approximate surface area is 87.1 Å². The van der Waals surface area contributed by atoms with Gasteiger partial charge in [0.2, 0.25) is 0 Å². The number of aliphatic hydroxyl groups is 1. The van der Waals surface area contributed by atoms with Gasteiger partial charge in [0.05, 0.1) is 11.0 Å². The highest BCUT2D eigenvalue weighted by molar-refractivity contribution is 7.05. The minimum absolute atomic E-state index is 0.0976. The third kappa shape index (κ3) is 1.95. The highest BCUT2D eigenvalue weighted by Gasteiger charge is 2.30. The van der Waals surface area contributed by atoms with Gasteiger partial charge in [-0.2, -0.15) is 0 Å². The van der Waals surface area contributed by atoms with E-state index < -0.39 is 6.10 Å². The minimum atomic E-state index is -0.456. The summed E-state index contributed by atoms with van der Waals surface area (Å²) in [6.45, 7) is 0.816. The van der Waals surface area contributed by atoms with Crippen molar-refractivity contribution in [2.45, 2.75) is 24.7 Å². The van der Waals surface area contributed by atoms with Crippen LogP contribution in [0.4, 0.5) is 0 Å². The van der Waals surface area contributed by atoms with Crippen LogP contribution in [0.3, 0.4) is 0 Å². The summed E-state index contributed by atoms with van der Waals surface area (Å²) >= 11 is 1.35. The molecule has 0 radical (unpaired) electrons. The van der Waals surface area contributed by atoms with Crippen LogP contribution in [0.1, 0.15) is 17.4 Å². The topological polar surface area (TPSA) is 54.4 Å². The third-order valence-electron chi connectivity index (χ3n) is 2.59. The molecule has 2 heterocycles. The number of hydrogen-bond acceptors (Lipinski definition) is 5. The van der Waals surface area contributed by atoms with Crippen molar-refractivity contribution >= 4 is 11.5 Å². The predicted octanol–water partition coefficient (Wildman–Crippen LogP) is 0.553. The molecule has 0 amide bonds. The zero-order valence-electron chi connectivity index (χ0n) is 8.01. The number of ether oxygens (including phenoxy) is 1. The van der Waals surface area contributed by atoms with Crippen LogP contribution in [0.15, 0.2) is 12.3 Å². The van der Waals surface area contributed by atoms with Gasteiger partial charge in [0.1, 0.15) is 6.10 Å². The lowest BCUT2D eigenvalue weighted by molar-refractivity contribution is 0.100. The molecule has 0 aromatic carbocycles. The van der Waals surface area contributed by atoms with Gasteiger partial charge < -0.3 is 15.2 Å². The number of methoxy groups -OCH3 is 1. The molecule has 0 saturated carbocycles. The molecule has 3 atom stereocenters. The van der Waals surface area contributed by atoms with Crippen LogP contribution in [0.25, 0.3) is 0 Å². The van der Waals surface area contributed by atoms with E-state index in [-0.39, 0.29) is 12.1 Å². The van der Waals surface area contributed by atoms with E-state index in [4.69, 9.17) is 4.74 Å². The van der Waals surface area contributed by atoms with Crippen molar-refractivity contribution in [2.24, 2.45) is 0 Å². The summed E-state index contributed by atoms with van der Waals surface area (Å²) in [7, 11) is 1.70. The molecule has 1 saturated heterocycles. The second kappa shape index (κ2) is 4.35. The molecular weight excluding hydrogens is 200 g/mol. The summed E-state index contributed by atoms with van der Waals surface area (Å²) in [5.74, 6) is 0. The number of aliphatic hydroxyl groups excluding tert-OH is 1. The van der Waals surface area contributed by atoms with E-state index in [1.807, 2.05) is 6.07 Å². The van der Waals surface area contributed by atoms with Gasteiger partial charge in [0, 0.05) is 25.9 Å². The number of aromatic nitrogens is 1. The SMILES string of the molecule is COC1CNC(C(O)c2ccns2)C1. The van der Waals surface area contributed by atoms with Gasteiger partial charge in [0.25, 0.3) is 0 Å². The van der Waals surface area contributed by atoms with Gasteiger partial charge in [-0.3, -0.25) is 0 Å². The van der Waals surface area contributed by atoms with Gasteiger partial charge in [-0.15, -0.1) is 0 Å². The maximum atomic E-state index is 9.97. The molecule has 1 fully saturated rings. The molecule has 2 N–H and O–H groups in total. The Morgan fingerprint density at radius 2 is 2.64 bits per heavy atom. The van der Waals surface area contributed by atoms with E-state index in [1.54, 1.807) is 13.3 Å². The summed E-state index contributed by atoms with van der Waals surface area (Å²) < 4.78 is 9.20. The predicted molar refractivity (Wildman–Crippen MR) is 54.3 cm³/mol. The van der Waals surface area contributed by atoms with E-state index in [9.17, 15) is 5.11 Å². The highest BCUT2D eigenvalue weighted by Crippen LogP contribution is 2.25. The fourth-order valence-corrected chi connectivity index (χ4v) is 2.37. The summed E-state index contributed by atoms with van der Waals surface area (Å²) in [5, 5.41) is 13.2. The Hall–Kier alpha value is -0.490. The molecule has 2 rings (SSSR count). The van der Waals surface area contributed by atoms with Crippen molar-refractivity contribution < 1.29 is 9.84 Å². The molecule has 5 heteroatoms. The molecule has 0 aliphatic carbocycles. The summed E-state index contributed by atoms with van der Waals surface area (Å²) in [5.41, 5.74) is 0. The average Bonchev–Trinajstić information content (AvgIpc) is 2.88. The average molecular weight is 214 g/mol. The largest absolute Gasteiger partial charge is 0.386 e. The Bertz CT molecular complexity index is 278. The Morgan fingerprint density at radius 1 is 1.79 bits per heavy atom. The van der Waals surface area contributed by atoms with E-state index >= 15 is 0 Å². The van der Waals surface area contributed by atoms with E-state index in [0.29, 0.717) is 0 Å². The van der Waals surface area contributed by atoms with Gasteiger partial charge in [-0.25, -0.2) is 4.37 Å². The van der Waals surface area contributed by atoms with Crippen LogP contribution in [-0.4, -0.2) is 35.3 Å². The smallest absolute Gasteiger partial charge is 0.105 e. The fourth-order valence-electron chi connectivity index (χ4n) is 1.73. The van der Waals surface area contributed by atoms with Gasteiger partial charge in [-0.05, 0) is 24.0 Å². The number of nitrogens with one attached hydrogen (secondary N) is 1. The molecule has 1 aliphatic rings. The van der Waals surface area contributed by atoms with Crippen LogP contribution >= 0.6 is 11.5 Å². The summed E-state index contributed by atoms with van der Waals surface area (Å²) in [6.07, 6.45) is 2.34. The highest BCUT2D eigenvalue weighted by atomic mass is 32.1. The van der Waals surface area contributed by atoms with Crippen LogP contribution in [0.2, 0.25) is 0 Å². The lowest BCUT2D eigenvalue weighted by Crippen LogP contribution is -2.28. The van der Waals surface area contributed by atoms with Crippen molar-refractivity contribution in [1.29, 1.82) is 0 Å². The molecule has 78 valence electrons. The van der Waals surface area contributed by atoms with Gasteiger partial charge in [-0.1, -0.05) is 0 Å². The molecular formula is C9H14N2O2S. The quantitative estimate of drug-likeness (QED) is 0.771. The molecule has 0 bridgehead atoms. The maximum absolute atomic E-state index is 9.97. The van der Waals surface area contributed by atoms with Crippen LogP contribution in [-0.2, 0) is 4.74 Å². The first-order valence-electron chi connectivity index (χ1n) is 4.66. The zero-order chi connectivity index (χ0) is 9.97. The first-order valence-corrected chi connectivity index (χ1v) is 5.43.